The zero-order chi connectivity index (χ0) is 34.5. The molecule has 0 saturated carbocycles. The van der Waals surface area contributed by atoms with Crippen LogP contribution in [0.1, 0.15) is 33.1 Å². The molecule has 1 aliphatic heterocycles. The number of ether oxygens (including phenoxy) is 1. The van der Waals surface area contributed by atoms with Crippen molar-refractivity contribution in [3.05, 3.63) is 118 Å². The number of nitrogens with one attached hydrogen (secondary N) is 2. The van der Waals surface area contributed by atoms with Gasteiger partial charge in [0.2, 0.25) is 5.91 Å². The third kappa shape index (κ3) is 7.13. The predicted octanol–water partition coefficient (Wildman–Crippen LogP) is 5.03. The van der Waals surface area contributed by atoms with E-state index in [0.29, 0.717) is 39.6 Å². The second kappa shape index (κ2) is 14.1. The van der Waals surface area contributed by atoms with Gasteiger partial charge in [-0.1, -0.05) is 41.9 Å². The molecule has 3 amide bonds. The normalized spacial score (nSPS) is 13.8. The molecule has 49 heavy (non-hydrogen) atoms. The van der Waals surface area contributed by atoms with Crippen LogP contribution in [0.2, 0.25) is 5.02 Å². The van der Waals surface area contributed by atoms with E-state index in [0.717, 1.165) is 16.7 Å². The Kier molecular flexibility index (Phi) is 9.39. The van der Waals surface area contributed by atoms with Crippen molar-refractivity contribution in [3.63, 3.8) is 0 Å². The number of carboxylic acids is 1. The fourth-order valence-electron chi connectivity index (χ4n) is 5.59. The number of halogens is 1. The molecule has 0 saturated heterocycles. The number of nitrogens with zero attached hydrogens (tertiary/aromatic N) is 6. The van der Waals surface area contributed by atoms with Gasteiger partial charge in [-0.2, -0.15) is 0 Å². The van der Waals surface area contributed by atoms with Crippen LogP contribution in [-0.4, -0.2) is 73.2 Å². The molecule has 3 N–H and O–H groups in total. The number of benzene rings is 4. The number of carboxylic acid groups (broad SMARTS) is 1. The van der Waals surface area contributed by atoms with Gasteiger partial charge < -0.3 is 20.1 Å². The lowest BCUT2D eigenvalue weighted by molar-refractivity contribution is -0.135. The summed E-state index contributed by atoms with van der Waals surface area (Å²) in [4.78, 5) is 53.7. The number of anilines is 2. The minimum atomic E-state index is -1.09. The number of fused-ring (bicyclic) bond motifs is 1. The highest BCUT2D eigenvalue weighted by Gasteiger charge is 2.36. The van der Waals surface area contributed by atoms with Gasteiger partial charge in [-0.15, -0.1) is 4.80 Å². The highest BCUT2D eigenvalue weighted by Crippen LogP contribution is 2.37. The van der Waals surface area contributed by atoms with Gasteiger partial charge in [-0.25, -0.2) is 9.59 Å². The lowest BCUT2D eigenvalue weighted by Gasteiger charge is -2.37. The number of aromatic carboxylic acids is 1. The number of hydrogen-bond acceptors (Lipinski definition) is 9. The van der Waals surface area contributed by atoms with Crippen molar-refractivity contribution in [3.8, 4) is 16.8 Å². The van der Waals surface area contributed by atoms with Gasteiger partial charge in [0.15, 0.2) is 0 Å². The second-order valence-electron chi connectivity index (χ2n) is 10.8. The molecule has 0 radical (unpaired) electrons. The van der Waals surface area contributed by atoms with Crippen LogP contribution in [0.25, 0.3) is 22.9 Å². The average Bonchev–Trinajstić information content (AvgIpc) is 3.65. The maximum atomic E-state index is 14.1. The van der Waals surface area contributed by atoms with Crippen molar-refractivity contribution < 1.29 is 29.0 Å². The van der Waals surface area contributed by atoms with Crippen molar-refractivity contribution >= 4 is 52.9 Å². The zero-order valence-electron chi connectivity index (χ0n) is 25.8. The standard InChI is InChI=1S/C34H27ClN8O6/c1-49-34(48)37-25-11-5-20(6-12-25)26-3-2-4-28-27(26)17-18-42(31(28)32(45)36-24-13-7-21(8-14-24)33(46)47)30(44)16-9-22-19-23(35)10-15-29(22)43-40-38-39-41-43/h2-16,19,31H,17-18H2,1H3,(H,36,45)(H,37,48)(H,46,47)/b16-9+. The van der Waals surface area contributed by atoms with Crippen LogP contribution in [-0.2, 0) is 20.7 Å². The first-order valence-corrected chi connectivity index (χ1v) is 15.2. The van der Waals surface area contributed by atoms with E-state index in [4.69, 9.17) is 11.6 Å². The van der Waals surface area contributed by atoms with E-state index >= 15 is 0 Å². The Balaban J connectivity index is 1.35. The Morgan fingerprint density at radius 2 is 1.61 bits per heavy atom. The number of carbonyl (C=O) groups excluding carboxylic acids is 3. The maximum absolute atomic E-state index is 14.1. The van der Waals surface area contributed by atoms with Crippen LogP contribution in [0.15, 0.2) is 91.0 Å². The fourth-order valence-corrected chi connectivity index (χ4v) is 5.77. The Hall–Kier alpha value is -6.41. The summed E-state index contributed by atoms with van der Waals surface area (Å²) < 4.78 is 4.67. The van der Waals surface area contributed by atoms with Crippen LogP contribution in [0.5, 0.6) is 0 Å². The summed E-state index contributed by atoms with van der Waals surface area (Å²) in [6.07, 6.45) is 2.77. The van der Waals surface area contributed by atoms with E-state index in [1.807, 2.05) is 30.3 Å². The summed E-state index contributed by atoms with van der Waals surface area (Å²) in [6, 6.07) is 22.4. The van der Waals surface area contributed by atoms with Crippen molar-refractivity contribution in [2.45, 2.75) is 12.5 Å². The molecule has 0 bridgehead atoms. The monoisotopic (exact) mass is 678 g/mol. The molecule has 1 aromatic heterocycles. The molecular weight excluding hydrogens is 652 g/mol. The number of aromatic nitrogens is 5. The van der Waals surface area contributed by atoms with Gasteiger partial charge >= 0.3 is 12.1 Å². The summed E-state index contributed by atoms with van der Waals surface area (Å²) in [5.74, 6) is -2.02. The Morgan fingerprint density at radius 1 is 0.918 bits per heavy atom. The Morgan fingerprint density at radius 3 is 2.31 bits per heavy atom. The van der Waals surface area contributed by atoms with Gasteiger partial charge in [0.25, 0.3) is 5.91 Å². The summed E-state index contributed by atoms with van der Waals surface area (Å²) in [7, 11) is 1.28. The molecular formula is C34H27ClN8O6. The van der Waals surface area contributed by atoms with E-state index in [2.05, 4.69) is 36.2 Å². The average molecular weight is 679 g/mol. The van der Waals surface area contributed by atoms with E-state index in [1.165, 1.54) is 47.1 Å². The summed E-state index contributed by atoms with van der Waals surface area (Å²) in [5.41, 5.74) is 5.21. The summed E-state index contributed by atoms with van der Waals surface area (Å²) in [5, 5.41) is 29.8. The van der Waals surface area contributed by atoms with E-state index in [1.54, 1.807) is 36.4 Å². The molecule has 0 spiro atoms. The SMILES string of the molecule is COC(=O)Nc1ccc(-c2cccc3c2CCN(C(=O)/C=C/c2cc(Cl)ccc2-n2nnnn2)C3C(=O)Nc2ccc(C(=O)O)cc2)cc1. The Labute approximate surface area is 283 Å². The van der Waals surface area contributed by atoms with Gasteiger partial charge in [0.05, 0.1) is 18.4 Å². The molecule has 1 unspecified atom stereocenters. The minimum Gasteiger partial charge on any atom is -0.478 e. The van der Waals surface area contributed by atoms with Gasteiger partial charge in [0.1, 0.15) is 6.04 Å². The van der Waals surface area contributed by atoms with Crippen LogP contribution in [0.4, 0.5) is 16.2 Å². The van der Waals surface area contributed by atoms with Gasteiger partial charge in [-0.05, 0) is 110 Å². The Bertz CT molecular complexity index is 2070. The van der Waals surface area contributed by atoms with Crippen molar-refractivity contribution in [2.24, 2.45) is 0 Å². The summed E-state index contributed by atoms with van der Waals surface area (Å²) >= 11 is 6.25. The van der Waals surface area contributed by atoms with Crippen LogP contribution < -0.4 is 10.6 Å². The number of amides is 3. The molecule has 15 heteroatoms. The molecule has 0 aliphatic carbocycles. The van der Waals surface area contributed by atoms with E-state index in [-0.39, 0.29) is 12.1 Å². The van der Waals surface area contributed by atoms with Crippen molar-refractivity contribution in [1.82, 2.24) is 30.5 Å². The third-order valence-electron chi connectivity index (χ3n) is 7.88. The van der Waals surface area contributed by atoms with E-state index in [9.17, 15) is 24.3 Å². The maximum Gasteiger partial charge on any atom is 0.411 e. The topological polar surface area (TPSA) is 182 Å². The lowest BCUT2D eigenvalue weighted by Crippen LogP contribution is -2.45. The van der Waals surface area contributed by atoms with Crippen LogP contribution in [0.3, 0.4) is 0 Å². The molecule has 14 nitrogen and oxygen atoms in total. The molecule has 6 rings (SSSR count). The largest absolute Gasteiger partial charge is 0.478 e. The number of hydrogen-bond donors (Lipinski definition) is 3. The molecule has 1 aliphatic rings. The van der Waals surface area contributed by atoms with Gasteiger partial charge in [0, 0.05) is 34.6 Å². The van der Waals surface area contributed by atoms with Crippen LogP contribution >= 0.6 is 11.6 Å². The van der Waals surface area contributed by atoms with E-state index < -0.39 is 29.9 Å². The molecule has 2 heterocycles. The molecule has 0 fully saturated rings. The molecule has 5 aromatic rings. The molecule has 246 valence electrons. The highest BCUT2D eigenvalue weighted by molar-refractivity contribution is 6.30. The first-order chi connectivity index (χ1) is 23.7. The quantitative estimate of drug-likeness (QED) is 0.188. The number of carbonyl (C=O) groups is 4. The predicted molar refractivity (Wildman–Crippen MR) is 179 cm³/mol. The molecule has 1 atom stereocenters. The van der Waals surface area contributed by atoms with Crippen molar-refractivity contribution in [1.29, 1.82) is 0 Å². The number of methoxy groups -OCH3 is 1. The third-order valence-corrected chi connectivity index (χ3v) is 8.11. The lowest BCUT2D eigenvalue weighted by atomic mass is 9.86. The minimum absolute atomic E-state index is 0.0673. The summed E-state index contributed by atoms with van der Waals surface area (Å²) in [6.45, 7) is 0.210. The first-order valence-electron chi connectivity index (χ1n) is 14.8. The second-order valence-corrected chi connectivity index (χ2v) is 11.2. The smallest absolute Gasteiger partial charge is 0.411 e. The van der Waals surface area contributed by atoms with Gasteiger partial charge in [-0.3, -0.25) is 14.9 Å². The molecule has 4 aromatic carbocycles. The zero-order valence-corrected chi connectivity index (χ0v) is 26.5. The highest BCUT2D eigenvalue weighted by atomic mass is 35.5. The number of rotatable bonds is 8. The van der Waals surface area contributed by atoms with Crippen molar-refractivity contribution in [2.75, 3.05) is 24.3 Å². The first kappa shape index (κ1) is 32.5. The fraction of sp³-hybridized carbons (Fsp3) is 0.118. The van der Waals surface area contributed by atoms with Crippen LogP contribution in [0, 0.1) is 0 Å².